The Morgan fingerprint density at radius 2 is 1.42 bits per heavy atom. The highest BCUT2D eigenvalue weighted by Gasteiger charge is 2.68. The average molecular weight is 461 g/mol. The van der Waals surface area contributed by atoms with Crippen molar-refractivity contribution >= 4 is 35.1 Å². The predicted octanol–water partition coefficient (Wildman–Crippen LogP) is 3.53. The van der Waals surface area contributed by atoms with Crippen LogP contribution in [0.25, 0.3) is 0 Å². The number of hydrogen-bond donors (Lipinski definition) is 1. The van der Waals surface area contributed by atoms with E-state index in [2.05, 4.69) is 5.32 Å². The molecule has 2 aliphatic heterocycles. The maximum Gasteiger partial charge on any atom is 0.323 e. The summed E-state index contributed by atoms with van der Waals surface area (Å²) in [6, 6.07) is 24.4. The van der Waals surface area contributed by atoms with Gasteiger partial charge in [-0.25, -0.2) is 4.90 Å². The van der Waals surface area contributed by atoms with Gasteiger partial charge in [0.15, 0.2) is 0 Å². The number of amides is 2. The number of hydrogen-bond acceptors (Lipinski definition) is 5. The normalized spacial score (nSPS) is 23.5. The highest BCUT2D eigenvalue weighted by atomic mass is 35.5. The van der Waals surface area contributed by atoms with Gasteiger partial charge in [-0.2, -0.15) is 0 Å². The van der Waals surface area contributed by atoms with Crippen LogP contribution in [0.4, 0.5) is 5.69 Å². The lowest BCUT2D eigenvalue weighted by atomic mass is 9.72. The second-order valence-electron chi connectivity index (χ2n) is 8.18. The number of imide groups is 1. The van der Waals surface area contributed by atoms with Crippen LogP contribution in [0, 0.1) is 11.8 Å². The Labute approximate surface area is 196 Å². The molecular weight excluding hydrogens is 440 g/mol. The molecule has 5 rings (SSSR count). The number of halogens is 1. The SMILES string of the molecule is COC(=O)[C@@H]1NC(c2ccccc2)(c2ccccc2)[C@@H]2C(=O)N(c3ccc(Cl)cc3)C(=O)[C@H]21. The highest BCUT2D eigenvalue weighted by molar-refractivity contribution is 6.31. The van der Waals surface area contributed by atoms with Crippen molar-refractivity contribution < 1.29 is 19.1 Å². The van der Waals surface area contributed by atoms with Gasteiger partial charge < -0.3 is 4.74 Å². The summed E-state index contributed by atoms with van der Waals surface area (Å²) in [7, 11) is 1.28. The fourth-order valence-electron chi connectivity index (χ4n) is 5.18. The van der Waals surface area contributed by atoms with Crippen molar-refractivity contribution in [3.8, 4) is 0 Å². The molecule has 33 heavy (non-hydrogen) atoms. The standard InChI is InChI=1S/C26H21ClN2O4/c1-33-25(32)22-20-21(24(31)29(23(20)30)19-14-12-18(27)13-15-19)26(28-22,16-8-4-2-5-9-16)17-10-6-3-7-11-17/h2-15,20-22,28H,1H3/t20-,21+,22-/m1/s1. The summed E-state index contributed by atoms with van der Waals surface area (Å²) in [6.07, 6.45) is 0. The molecule has 166 valence electrons. The van der Waals surface area contributed by atoms with Crippen molar-refractivity contribution in [1.82, 2.24) is 5.32 Å². The summed E-state index contributed by atoms with van der Waals surface area (Å²) in [5.41, 5.74) is 0.899. The zero-order valence-electron chi connectivity index (χ0n) is 17.8. The molecule has 0 aliphatic carbocycles. The molecule has 1 N–H and O–H groups in total. The Hall–Kier alpha value is -3.48. The van der Waals surface area contributed by atoms with Crippen LogP contribution in [0.3, 0.4) is 0 Å². The van der Waals surface area contributed by atoms with Crippen LogP contribution in [-0.4, -0.2) is 30.9 Å². The van der Waals surface area contributed by atoms with Crippen molar-refractivity contribution in [2.24, 2.45) is 11.8 Å². The zero-order chi connectivity index (χ0) is 23.2. The molecule has 0 aromatic heterocycles. The minimum atomic E-state index is -1.10. The molecule has 0 spiro atoms. The Balaban J connectivity index is 1.74. The fourth-order valence-corrected chi connectivity index (χ4v) is 5.31. The third-order valence-electron chi connectivity index (χ3n) is 6.56. The fraction of sp³-hybridized carbons (Fsp3) is 0.192. The molecule has 2 amide bonds. The van der Waals surface area contributed by atoms with Crippen LogP contribution in [0.5, 0.6) is 0 Å². The summed E-state index contributed by atoms with van der Waals surface area (Å²) >= 11 is 6.02. The number of carbonyl (C=O) groups excluding carboxylic acids is 3. The molecule has 2 heterocycles. The third-order valence-corrected chi connectivity index (χ3v) is 6.81. The van der Waals surface area contributed by atoms with E-state index in [4.69, 9.17) is 16.3 Å². The number of fused-ring (bicyclic) bond motifs is 1. The Morgan fingerprint density at radius 3 is 1.94 bits per heavy atom. The van der Waals surface area contributed by atoms with Crippen LogP contribution in [0.15, 0.2) is 84.9 Å². The van der Waals surface area contributed by atoms with Gasteiger partial charge >= 0.3 is 5.97 Å². The lowest BCUT2D eigenvalue weighted by Crippen LogP contribution is -2.51. The van der Waals surface area contributed by atoms with Gasteiger partial charge in [0, 0.05) is 5.02 Å². The Morgan fingerprint density at radius 1 is 0.879 bits per heavy atom. The van der Waals surface area contributed by atoms with E-state index in [0.717, 1.165) is 11.1 Å². The molecule has 3 aromatic carbocycles. The molecule has 0 unspecified atom stereocenters. The predicted molar refractivity (Wildman–Crippen MR) is 124 cm³/mol. The van der Waals surface area contributed by atoms with Gasteiger partial charge in [0.1, 0.15) is 6.04 Å². The zero-order valence-corrected chi connectivity index (χ0v) is 18.5. The van der Waals surface area contributed by atoms with Gasteiger partial charge in [-0.05, 0) is 35.4 Å². The van der Waals surface area contributed by atoms with Crippen molar-refractivity contribution in [1.29, 1.82) is 0 Å². The first kappa shape index (κ1) is 21.4. The van der Waals surface area contributed by atoms with Gasteiger partial charge in [0.2, 0.25) is 11.8 Å². The number of ether oxygens (including phenoxy) is 1. The molecule has 0 radical (unpaired) electrons. The van der Waals surface area contributed by atoms with E-state index in [0.29, 0.717) is 10.7 Å². The number of methoxy groups -OCH3 is 1. The molecule has 3 atom stereocenters. The number of anilines is 1. The second kappa shape index (κ2) is 8.14. The Bertz CT molecular complexity index is 1170. The van der Waals surface area contributed by atoms with E-state index in [1.54, 1.807) is 24.3 Å². The first-order valence-electron chi connectivity index (χ1n) is 10.6. The van der Waals surface area contributed by atoms with Crippen molar-refractivity contribution in [3.05, 3.63) is 101 Å². The summed E-state index contributed by atoms with van der Waals surface area (Å²) in [5.74, 6) is -3.18. The maximum atomic E-state index is 14.0. The van der Waals surface area contributed by atoms with Crippen molar-refractivity contribution in [2.75, 3.05) is 12.0 Å². The smallest absolute Gasteiger partial charge is 0.323 e. The van der Waals surface area contributed by atoms with Crippen LogP contribution in [0.1, 0.15) is 11.1 Å². The van der Waals surface area contributed by atoms with Crippen LogP contribution in [-0.2, 0) is 24.7 Å². The summed E-state index contributed by atoms with van der Waals surface area (Å²) in [5, 5.41) is 3.86. The van der Waals surface area contributed by atoms with Gasteiger partial charge in [-0.3, -0.25) is 19.7 Å². The number of nitrogens with one attached hydrogen (secondary N) is 1. The third kappa shape index (κ3) is 3.17. The number of nitrogens with zero attached hydrogens (tertiary/aromatic N) is 1. The summed E-state index contributed by atoms with van der Waals surface area (Å²) in [4.78, 5) is 41.7. The van der Waals surface area contributed by atoms with Crippen molar-refractivity contribution in [2.45, 2.75) is 11.6 Å². The molecule has 3 aromatic rings. The van der Waals surface area contributed by atoms with Gasteiger partial charge in [0.25, 0.3) is 0 Å². The van der Waals surface area contributed by atoms with Gasteiger partial charge in [-0.1, -0.05) is 72.3 Å². The molecular formula is C26H21ClN2O4. The van der Waals surface area contributed by atoms with Crippen LogP contribution in [0.2, 0.25) is 5.02 Å². The lowest BCUT2D eigenvalue weighted by Gasteiger charge is -2.36. The summed E-state index contributed by atoms with van der Waals surface area (Å²) < 4.78 is 5.05. The quantitative estimate of drug-likeness (QED) is 0.476. The largest absolute Gasteiger partial charge is 0.468 e. The van der Waals surface area contributed by atoms with E-state index < -0.39 is 35.3 Å². The first-order chi connectivity index (χ1) is 16.0. The minimum absolute atomic E-state index is 0.376. The summed E-state index contributed by atoms with van der Waals surface area (Å²) in [6.45, 7) is 0. The van der Waals surface area contributed by atoms with E-state index in [1.165, 1.54) is 12.0 Å². The monoisotopic (exact) mass is 460 g/mol. The van der Waals surface area contributed by atoms with E-state index in [-0.39, 0.29) is 5.91 Å². The number of benzene rings is 3. The van der Waals surface area contributed by atoms with Crippen molar-refractivity contribution in [3.63, 3.8) is 0 Å². The molecule has 0 bridgehead atoms. The number of carbonyl (C=O) groups is 3. The average Bonchev–Trinajstić information content (AvgIpc) is 3.35. The second-order valence-corrected chi connectivity index (χ2v) is 8.61. The molecule has 6 nitrogen and oxygen atoms in total. The molecule has 2 saturated heterocycles. The van der Waals surface area contributed by atoms with Gasteiger partial charge in [-0.15, -0.1) is 0 Å². The van der Waals surface area contributed by atoms with E-state index in [9.17, 15) is 14.4 Å². The van der Waals surface area contributed by atoms with E-state index >= 15 is 0 Å². The Kier molecular flexibility index (Phi) is 5.27. The number of esters is 1. The number of rotatable bonds is 4. The molecule has 2 aliphatic rings. The maximum absolute atomic E-state index is 14.0. The molecule has 2 fully saturated rings. The van der Waals surface area contributed by atoms with Crippen LogP contribution >= 0.6 is 11.6 Å². The minimum Gasteiger partial charge on any atom is -0.468 e. The van der Waals surface area contributed by atoms with Gasteiger partial charge in [0.05, 0.1) is 30.2 Å². The van der Waals surface area contributed by atoms with E-state index in [1.807, 2.05) is 60.7 Å². The first-order valence-corrected chi connectivity index (χ1v) is 11.0. The lowest BCUT2D eigenvalue weighted by molar-refractivity contribution is -0.145. The highest BCUT2D eigenvalue weighted by Crippen LogP contribution is 2.52. The topological polar surface area (TPSA) is 75.7 Å². The van der Waals surface area contributed by atoms with Crippen LogP contribution < -0.4 is 10.2 Å². The molecule has 7 heteroatoms. The molecule has 0 saturated carbocycles.